The van der Waals surface area contributed by atoms with Crippen LogP contribution < -0.4 is 9.47 Å². The summed E-state index contributed by atoms with van der Waals surface area (Å²) in [4.78, 5) is 1.97. The first kappa shape index (κ1) is 19.4. The molecule has 2 aromatic carbocycles. The van der Waals surface area contributed by atoms with Crippen molar-refractivity contribution in [1.82, 2.24) is 14.7 Å². The number of aliphatic hydroxyl groups is 2. The van der Waals surface area contributed by atoms with Crippen LogP contribution in [0.3, 0.4) is 0 Å². The quantitative estimate of drug-likeness (QED) is 0.608. The number of hydrogen-bond acceptors (Lipinski definition) is 6. The van der Waals surface area contributed by atoms with E-state index in [9.17, 15) is 5.11 Å². The first-order valence-corrected chi connectivity index (χ1v) is 9.60. The van der Waals surface area contributed by atoms with E-state index >= 15 is 0 Å². The molecular formula is C22H25N3O4. The van der Waals surface area contributed by atoms with E-state index in [2.05, 4.69) is 12.1 Å². The molecule has 2 heterocycles. The maximum atomic E-state index is 9.76. The van der Waals surface area contributed by atoms with E-state index in [4.69, 9.17) is 19.7 Å². The summed E-state index contributed by atoms with van der Waals surface area (Å²) in [5.41, 5.74) is 4.02. The normalized spacial score (nSPS) is 13.8. The van der Waals surface area contributed by atoms with E-state index < -0.39 is 6.10 Å². The van der Waals surface area contributed by atoms with Gasteiger partial charge in [-0.2, -0.15) is 5.10 Å². The number of fused-ring (bicyclic) bond motifs is 1. The molecule has 7 heteroatoms. The van der Waals surface area contributed by atoms with Gasteiger partial charge in [0.05, 0.1) is 24.9 Å². The average molecular weight is 395 g/mol. The van der Waals surface area contributed by atoms with E-state index in [0.717, 1.165) is 28.3 Å². The lowest BCUT2D eigenvalue weighted by atomic mass is 10.1. The second-order valence-electron chi connectivity index (χ2n) is 7.29. The predicted octanol–water partition coefficient (Wildman–Crippen LogP) is 2.11. The summed E-state index contributed by atoms with van der Waals surface area (Å²) in [6.45, 7) is 1.61. The lowest BCUT2D eigenvalue weighted by molar-refractivity contribution is 0.0648. The van der Waals surface area contributed by atoms with E-state index in [1.165, 1.54) is 5.56 Å². The molecule has 152 valence electrons. The third-order valence-corrected chi connectivity index (χ3v) is 4.84. The minimum absolute atomic E-state index is 0.232. The maximum Gasteiger partial charge on any atom is 0.231 e. The maximum absolute atomic E-state index is 9.76. The number of likely N-dealkylation sites (N-methyl/N-ethyl adjacent to an activating group) is 1. The summed E-state index contributed by atoms with van der Waals surface area (Å²) in [5.74, 6) is 1.46. The van der Waals surface area contributed by atoms with Crippen LogP contribution >= 0.6 is 0 Å². The molecule has 0 saturated carbocycles. The van der Waals surface area contributed by atoms with Crippen molar-refractivity contribution in [2.45, 2.75) is 19.2 Å². The number of aliphatic hydroxyl groups excluding tert-OH is 2. The molecule has 0 bridgehead atoms. The Morgan fingerprint density at radius 1 is 1.14 bits per heavy atom. The summed E-state index contributed by atoms with van der Waals surface area (Å²) >= 11 is 0. The fourth-order valence-corrected chi connectivity index (χ4v) is 3.49. The molecule has 4 rings (SSSR count). The van der Waals surface area contributed by atoms with E-state index in [1.807, 2.05) is 59.2 Å². The third-order valence-electron chi connectivity index (χ3n) is 4.84. The number of benzene rings is 2. The van der Waals surface area contributed by atoms with Gasteiger partial charge in [-0.25, -0.2) is 0 Å². The van der Waals surface area contributed by atoms with E-state index in [0.29, 0.717) is 19.6 Å². The number of rotatable bonds is 8. The molecule has 0 saturated heterocycles. The predicted molar refractivity (Wildman–Crippen MR) is 109 cm³/mol. The Kier molecular flexibility index (Phi) is 5.80. The Hall–Kier alpha value is -2.87. The van der Waals surface area contributed by atoms with Crippen LogP contribution in [-0.4, -0.2) is 58.0 Å². The van der Waals surface area contributed by atoms with Crippen LogP contribution in [0.2, 0.25) is 0 Å². The minimum atomic E-state index is -0.770. The minimum Gasteiger partial charge on any atom is -0.454 e. The van der Waals surface area contributed by atoms with Gasteiger partial charge < -0.3 is 19.7 Å². The Bertz CT molecular complexity index is 958. The highest BCUT2D eigenvalue weighted by Crippen LogP contribution is 2.36. The monoisotopic (exact) mass is 395 g/mol. The van der Waals surface area contributed by atoms with Gasteiger partial charge in [-0.1, -0.05) is 30.3 Å². The molecule has 0 radical (unpaired) electrons. The molecule has 1 aliphatic rings. The Labute approximate surface area is 169 Å². The van der Waals surface area contributed by atoms with E-state index in [1.54, 1.807) is 0 Å². The second kappa shape index (κ2) is 8.65. The van der Waals surface area contributed by atoms with Gasteiger partial charge in [0.1, 0.15) is 0 Å². The lowest BCUT2D eigenvalue weighted by Crippen LogP contribution is -2.31. The molecular weight excluding hydrogens is 370 g/mol. The van der Waals surface area contributed by atoms with Crippen molar-refractivity contribution >= 4 is 0 Å². The molecule has 1 aromatic heterocycles. The fraction of sp³-hybridized carbons (Fsp3) is 0.318. The van der Waals surface area contributed by atoms with Crippen molar-refractivity contribution in [3.05, 3.63) is 65.9 Å². The zero-order valence-corrected chi connectivity index (χ0v) is 16.4. The van der Waals surface area contributed by atoms with Crippen LogP contribution in [0.15, 0.2) is 54.7 Å². The highest BCUT2D eigenvalue weighted by atomic mass is 16.7. The molecule has 1 aliphatic heterocycles. The number of aromatic nitrogens is 2. The van der Waals surface area contributed by atoms with Crippen LogP contribution in [0.5, 0.6) is 11.5 Å². The van der Waals surface area contributed by atoms with Crippen molar-refractivity contribution < 1.29 is 19.7 Å². The van der Waals surface area contributed by atoms with Crippen molar-refractivity contribution in [2.24, 2.45) is 0 Å². The van der Waals surface area contributed by atoms with Gasteiger partial charge in [-0.05, 0) is 30.8 Å². The van der Waals surface area contributed by atoms with Crippen LogP contribution in [0.4, 0.5) is 0 Å². The van der Waals surface area contributed by atoms with Gasteiger partial charge in [0.25, 0.3) is 0 Å². The van der Waals surface area contributed by atoms with Crippen LogP contribution in [0.1, 0.15) is 11.1 Å². The van der Waals surface area contributed by atoms with Crippen LogP contribution in [-0.2, 0) is 13.1 Å². The van der Waals surface area contributed by atoms with Gasteiger partial charge in [0, 0.05) is 30.4 Å². The van der Waals surface area contributed by atoms with Crippen LogP contribution in [0, 0.1) is 0 Å². The van der Waals surface area contributed by atoms with Gasteiger partial charge in [0.15, 0.2) is 11.5 Å². The Morgan fingerprint density at radius 3 is 2.72 bits per heavy atom. The first-order chi connectivity index (χ1) is 14.1. The SMILES string of the molecule is CN(Cc1cn(Cc2ccccc2)nc1-c1ccc2c(c1)OCO2)C[C@@H](O)CO. The molecule has 0 spiro atoms. The highest BCUT2D eigenvalue weighted by Gasteiger charge is 2.19. The molecule has 29 heavy (non-hydrogen) atoms. The molecule has 1 atom stereocenters. The van der Waals surface area contributed by atoms with Gasteiger partial charge in [-0.15, -0.1) is 0 Å². The molecule has 0 amide bonds. The third kappa shape index (κ3) is 4.59. The summed E-state index contributed by atoms with van der Waals surface area (Å²) < 4.78 is 12.9. The zero-order valence-electron chi connectivity index (χ0n) is 16.4. The number of ether oxygens (including phenoxy) is 2. The highest BCUT2D eigenvalue weighted by molar-refractivity contribution is 5.67. The molecule has 0 unspecified atom stereocenters. The largest absolute Gasteiger partial charge is 0.454 e. The topological polar surface area (TPSA) is 80.0 Å². The lowest BCUT2D eigenvalue weighted by Gasteiger charge is -2.19. The zero-order chi connectivity index (χ0) is 20.2. The summed E-state index contributed by atoms with van der Waals surface area (Å²) in [7, 11) is 1.91. The molecule has 0 fully saturated rings. The average Bonchev–Trinajstić information content (AvgIpc) is 3.34. The molecule has 3 aromatic rings. The number of hydrogen-bond donors (Lipinski definition) is 2. The van der Waals surface area contributed by atoms with Gasteiger partial charge in [-0.3, -0.25) is 9.58 Å². The van der Waals surface area contributed by atoms with Crippen molar-refractivity contribution in [1.29, 1.82) is 0 Å². The summed E-state index contributed by atoms with van der Waals surface area (Å²) in [6, 6.07) is 16.0. The smallest absolute Gasteiger partial charge is 0.231 e. The van der Waals surface area contributed by atoms with Crippen LogP contribution in [0.25, 0.3) is 11.3 Å². The van der Waals surface area contributed by atoms with Gasteiger partial charge in [0.2, 0.25) is 6.79 Å². The van der Waals surface area contributed by atoms with E-state index in [-0.39, 0.29) is 13.4 Å². The number of nitrogens with zero attached hydrogens (tertiary/aromatic N) is 3. The van der Waals surface area contributed by atoms with Crippen molar-refractivity contribution in [2.75, 3.05) is 27.0 Å². The second-order valence-corrected chi connectivity index (χ2v) is 7.29. The summed E-state index contributed by atoms with van der Waals surface area (Å²) in [5, 5.41) is 23.7. The standard InChI is InChI=1S/C22H25N3O4/c1-24(13-19(27)14-26)11-18-12-25(10-16-5-3-2-4-6-16)23-22(18)17-7-8-20-21(9-17)29-15-28-20/h2-9,12,19,26-27H,10-11,13-15H2,1H3/t19-/m1/s1. The molecule has 7 nitrogen and oxygen atoms in total. The summed E-state index contributed by atoms with van der Waals surface area (Å²) in [6.07, 6.45) is 1.27. The fourth-order valence-electron chi connectivity index (χ4n) is 3.49. The Balaban J connectivity index is 1.64. The molecule has 0 aliphatic carbocycles. The first-order valence-electron chi connectivity index (χ1n) is 9.60. The van der Waals surface area contributed by atoms with Gasteiger partial charge >= 0.3 is 0 Å². The Morgan fingerprint density at radius 2 is 1.93 bits per heavy atom. The van der Waals surface area contributed by atoms with Crippen molar-refractivity contribution in [3.63, 3.8) is 0 Å². The van der Waals surface area contributed by atoms with Crippen molar-refractivity contribution in [3.8, 4) is 22.8 Å². The molecule has 2 N–H and O–H groups in total.